The Labute approximate surface area is 177 Å². The highest BCUT2D eigenvalue weighted by Crippen LogP contribution is 2.28. The van der Waals surface area contributed by atoms with Gasteiger partial charge in [-0.15, -0.1) is 11.3 Å². The molecule has 0 saturated carbocycles. The molecule has 2 aliphatic rings. The molecule has 154 valence electrons. The monoisotopic (exact) mass is 424 g/mol. The molecule has 0 aliphatic carbocycles. The fraction of sp³-hybridized carbons (Fsp3) is 0.333. The summed E-state index contributed by atoms with van der Waals surface area (Å²) in [6, 6.07) is 4.64. The lowest BCUT2D eigenvalue weighted by atomic mass is 9.99. The summed E-state index contributed by atoms with van der Waals surface area (Å²) in [5, 5.41) is 7.58. The van der Waals surface area contributed by atoms with Gasteiger partial charge in [-0.1, -0.05) is 25.8 Å². The summed E-state index contributed by atoms with van der Waals surface area (Å²) in [6.07, 6.45) is 0. The number of nitrogens with one attached hydrogen (secondary N) is 2. The Morgan fingerprint density at radius 2 is 2.13 bits per heavy atom. The van der Waals surface area contributed by atoms with E-state index in [0.29, 0.717) is 23.6 Å². The van der Waals surface area contributed by atoms with E-state index in [1.54, 1.807) is 12.1 Å². The van der Waals surface area contributed by atoms with Gasteiger partial charge < -0.3 is 15.0 Å². The van der Waals surface area contributed by atoms with Crippen LogP contribution >= 0.6 is 11.3 Å². The summed E-state index contributed by atoms with van der Waals surface area (Å²) in [6.45, 7) is 4.31. The average molecular weight is 424 g/mol. The number of fused-ring (bicyclic) bond motifs is 1. The molecule has 1 saturated heterocycles. The van der Waals surface area contributed by atoms with Gasteiger partial charge in [0.05, 0.1) is 18.7 Å². The normalized spacial score (nSPS) is 20.0. The van der Waals surface area contributed by atoms with Gasteiger partial charge in [-0.25, -0.2) is 9.78 Å². The predicted molar refractivity (Wildman–Crippen MR) is 110 cm³/mol. The smallest absolute Gasteiger partial charge is 0.323 e. The van der Waals surface area contributed by atoms with Crippen LogP contribution in [0.1, 0.15) is 46.4 Å². The molecule has 4 rings (SSSR count). The van der Waals surface area contributed by atoms with E-state index in [4.69, 9.17) is 4.74 Å². The molecule has 9 heteroatoms. The van der Waals surface area contributed by atoms with E-state index >= 15 is 0 Å². The van der Waals surface area contributed by atoms with E-state index in [1.807, 2.05) is 25.3 Å². The summed E-state index contributed by atoms with van der Waals surface area (Å²) in [5.41, 5.74) is 0.330. The van der Waals surface area contributed by atoms with Crippen LogP contribution in [0.4, 0.5) is 4.79 Å². The lowest BCUT2D eigenvalue weighted by Gasteiger charge is -2.26. The Hall–Kier alpha value is -3.38. The molecule has 1 aromatic carbocycles. The summed E-state index contributed by atoms with van der Waals surface area (Å²) >= 11 is 1.49. The predicted octanol–water partition coefficient (Wildman–Crippen LogP) is 1.86. The first-order valence-electron chi connectivity index (χ1n) is 9.40. The van der Waals surface area contributed by atoms with E-state index < -0.39 is 17.5 Å². The van der Waals surface area contributed by atoms with Crippen molar-refractivity contribution in [2.75, 3.05) is 13.7 Å². The highest BCUT2D eigenvalue weighted by molar-refractivity contribution is 7.09. The maximum absolute atomic E-state index is 12.9. The molecule has 3 heterocycles. The second-order valence-electron chi connectivity index (χ2n) is 7.47. The number of rotatable bonds is 4. The van der Waals surface area contributed by atoms with Crippen molar-refractivity contribution in [1.29, 1.82) is 0 Å². The lowest BCUT2D eigenvalue weighted by Crippen LogP contribution is -2.54. The van der Waals surface area contributed by atoms with Crippen LogP contribution in [0.15, 0.2) is 23.6 Å². The standard InChI is InChI=1S/C21H20N4O4S/c1-12(2)17-22-14(10-30-17)6-7-21(19(27)23-20(28)24-21)11-25-9-13-4-5-15(29-3)8-16(13)18(25)26/h4-5,8,10,12H,9,11H2,1-3H3,(H2,23,24,27,28)/t21-/m1/s1. The van der Waals surface area contributed by atoms with Gasteiger partial charge in [-0.05, 0) is 23.6 Å². The van der Waals surface area contributed by atoms with E-state index in [1.165, 1.54) is 23.3 Å². The van der Waals surface area contributed by atoms with Crippen LogP contribution in [0.2, 0.25) is 0 Å². The second-order valence-corrected chi connectivity index (χ2v) is 8.36. The minimum atomic E-state index is -1.54. The average Bonchev–Trinajstić information content (AvgIpc) is 3.38. The van der Waals surface area contributed by atoms with Crippen molar-refractivity contribution in [3.8, 4) is 17.6 Å². The molecule has 0 spiro atoms. The van der Waals surface area contributed by atoms with Crippen molar-refractivity contribution in [3.05, 3.63) is 45.4 Å². The summed E-state index contributed by atoms with van der Waals surface area (Å²) in [5.74, 6) is 5.79. The van der Waals surface area contributed by atoms with E-state index in [9.17, 15) is 14.4 Å². The van der Waals surface area contributed by atoms with Crippen molar-refractivity contribution >= 4 is 29.2 Å². The fourth-order valence-electron chi connectivity index (χ4n) is 3.39. The molecular formula is C21H20N4O4S. The first-order valence-corrected chi connectivity index (χ1v) is 10.3. The van der Waals surface area contributed by atoms with Crippen LogP contribution in [0, 0.1) is 11.8 Å². The van der Waals surface area contributed by atoms with Crippen molar-refractivity contribution < 1.29 is 19.1 Å². The number of urea groups is 1. The van der Waals surface area contributed by atoms with Crippen LogP contribution < -0.4 is 15.4 Å². The summed E-state index contributed by atoms with van der Waals surface area (Å²) in [4.78, 5) is 43.4. The molecule has 0 radical (unpaired) electrons. The lowest BCUT2D eigenvalue weighted by molar-refractivity contribution is -0.122. The summed E-state index contributed by atoms with van der Waals surface area (Å²) < 4.78 is 5.19. The number of hydrogen-bond acceptors (Lipinski definition) is 6. The van der Waals surface area contributed by atoms with E-state index in [-0.39, 0.29) is 18.4 Å². The first kappa shape index (κ1) is 19.9. The van der Waals surface area contributed by atoms with Gasteiger partial charge in [0.25, 0.3) is 11.8 Å². The SMILES string of the molecule is COc1ccc2c(c1)C(=O)N(C[C@@]1(C#Cc3csc(C(C)C)n3)NC(=O)NC1=O)C2. The van der Waals surface area contributed by atoms with E-state index in [0.717, 1.165) is 10.6 Å². The molecule has 0 unspecified atom stereocenters. The third-order valence-electron chi connectivity index (χ3n) is 4.99. The van der Waals surface area contributed by atoms with Crippen LogP contribution in [-0.2, 0) is 11.3 Å². The third kappa shape index (κ3) is 3.50. The van der Waals surface area contributed by atoms with Gasteiger partial charge in [-0.3, -0.25) is 14.9 Å². The maximum Gasteiger partial charge on any atom is 0.323 e. The number of ether oxygens (including phenoxy) is 1. The Morgan fingerprint density at radius 3 is 2.77 bits per heavy atom. The number of methoxy groups -OCH3 is 1. The Morgan fingerprint density at radius 1 is 1.33 bits per heavy atom. The topological polar surface area (TPSA) is 101 Å². The molecule has 8 nitrogen and oxygen atoms in total. The molecule has 2 aliphatic heterocycles. The fourth-order valence-corrected chi connectivity index (χ4v) is 4.16. The number of thiazole rings is 1. The van der Waals surface area contributed by atoms with Crippen LogP contribution in [0.5, 0.6) is 5.75 Å². The first-order chi connectivity index (χ1) is 14.3. The van der Waals surface area contributed by atoms with Gasteiger partial charge in [0, 0.05) is 23.4 Å². The summed E-state index contributed by atoms with van der Waals surface area (Å²) in [7, 11) is 1.53. The number of hydrogen-bond donors (Lipinski definition) is 2. The Balaban J connectivity index is 1.63. The van der Waals surface area contributed by atoms with Gasteiger partial charge >= 0.3 is 6.03 Å². The minimum Gasteiger partial charge on any atom is -0.497 e. The molecule has 1 atom stereocenters. The molecule has 2 aromatic rings. The second kappa shape index (κ2) is 7.46. The van der Waals surface area contributed by atoms with Gasteiger partial charge in [0.15, 0.2) is 0 Å². The number of carbonyl (C=O) groups excluding carboxylic acids is 3. The van der Waals surface area contributed by atoms with Crippen LogP contribution in [-0.4, -0.2) is 46.9 Å². The molecular weight excluding hydrogens is 404 g/mol. The largest absolute Gasteiger partial charge is 0.497 e. The number of aromatic nitrogens is 1. The molecule has 30 heavy (non-hydrogen) atoms. The molecule has 1 aromatic heterocycles. The molecule has 1 fully saturated rings. The molecule has 4 amide bonds. The van der Waals surface area contributed by atoms with Crippen LogP contribution in [0.3, 0.4) is 0 Å². The molecule has 0 bridgehead atoms. The maximum atomic E-state index is 12.9. The number of imide groups is 1. The number of amides is 4. The minimum absolute atomic E-state index is 0.0748. The van der Waals surface area contributed by atoms with Gasteiger partial charge in [0.2, 0.25) is 5.54 Å². The third-order valence-corrected chi connectivity index (χ3v) is 6.13. The molecule has 2 N–H and O–H groups in total. The Kier molecular flexibility index (Phi) is 4.95. The highest BCUT2D eigenvalue weighted by atomic mass is 32.1. The number of carbonyl (C=O) groups is 3. The van der Waals surface area contributed by atoms with Crippen molar-refractivity contribution in [1.82, 2.24) is 20.5 Å². The van der Waals surface area contributed by atoms with Crippen molar-refractivity contribution in [2.45, 2.75) is 31.8 Å². The zero-order valence-electron chi connectivity index (χ0n) is 16.7. The van der Waals surface area contributed by atoms with Crippen molar-refractivity contribution in [3.63, 3.8) is 0 Å². The highest BCUT2D eigenvalue weighted by Gasteiger charge is 2.48. The zero-order valence-corrected chi connectivity index (χ0v) is 17.6. The Bertz CT molecular complexity index is 1110. The van der Waals surface area contributed by atoms with E-state index in [2.05, 4.69) is 27.5 Å². The number of nitrogens with zero attached hydrogens (tertiary/aromatic N) is 2. The number of benzene rings is 1. The zero-order chi connectivity index (χ0) is 21.5. The van der Waals surface area contributed by atoms with Crippen molar-refractivity contribution in [2.24, 2.45) is 0 Å². The quantitative estimate of drug-likeness (QED) is 0.576. The van der Waals surface area contributed by atoms with Gasteiger partial charge in [-0.2, -0.15) is 0 Å². The van der Waals surface area contributed by atoms with Gasteiger partial charge in [0.1, 0.15) is 11.4 Å². The van der Waals surface area contributed by atoms with Crippen LogP contribution in [0.25, 0.3) is 0 Å².